The molecule has 30 heavy (non-hydrogen) atoms. The molecule has 1 amide bonds. The van der Waals surface area contributed by atoms with Crippen molar-refractivity contribution < 1.29 is 4.79 Å². The van der Waals surface area contributed by atoms with Gasteiger partial charge < -0.3 is 0 Å². The number of thioether (sulfide) groups is 1. The second kappa shape index (κ2) is 9.43. The number of amides is 1. The van der Waals surface area contributed by atoms with Crippen LogP contribution in [0.2, 0.25) is 5.02 Å². The summed E-state index contributed by atoms with van der Waals surface area (Å²) < 4.78 is 1.92. The molecule has 2 heterocycles. The number of carbonyl (C=O) groups excluding carboxylic acids is 1. The molecule has 2 N–H and O–H groups in total. The van der Waals surface area contributed by atoms with Crippen molar-refractivity contribution >= 4 is 35.1 Å². The van der Waals surface area contributed by atoms with Gasteiger partial charge in [0.25, 0.3) is 0 Å². The van der Waals surface area contributed by atoms with E-state index in [1.807, 2.05) is 65.2 Å². The molecule has 4 aromatic rings. The molecule has 150 valence electrons. The summed E-state index contributed by atoms with van der Waals surface area (Å²) in [5, 5.41) is 9.93. The molecule has 0 fully saturated rings. The van der Waals surface area contributed by atoms with Crippen LogP contribution in [0.1, 0.15) is 0 Å². The number of aromatic nitrogens is 4. The average molecular weight is 437 g/mol. The summed E-state index contributed by atoms with van der Waals surface area (Å²) in [6.45, 7) is 0. The van der Waals surface area contributed by atoms with Crippen LogP contribution in [-0.2, 0) is 4.79 Å². The molecule has 7 nitrogen and oxygen atoms in total. The van der Waals surface area contributed by atoms with E-state index in [9.17, 15) is 4.79 Å². The Hall–Kier alpha value is -3.36. The predicted octanol–water partition coefficient (Wildman–Crippen LogP) is 4.22. The van der Waals surface area contributed by atoms with Crippen LogP contribution in [0, 0.1) is 0 Å². The van der Waals surface area contributed by atoms with Gasteiger partial charge in [-0.05, 0) is 48.5 Å². The van der Waals surface area contributed by atoms with Gasteiger partial charge in [0.05, 0.1) is 5.75 Å². The minimum atomic E-state index is -0.207. The molecule has 0 saturated carbocycles. The molecule has 0 unspecified atom stereocenters. The number of benzene rings is 2. The monoisotopic (exact) mass is 436 g/mol. The number of hydrazine groups is 1. The predicted molar refractivity (Wildman–Crippen MR) is 119 cm³/mol. The fraction of sp³-hybridized carbons (Fsp3) is 0.0476. The molecule has 2 aromatic heterocycles. The van der Waals surface area contributed by atoms with Gasteiger partial charge in [-0.15, -0.1) is 10.2 Å². The SMILES string of the molecule is O=C(CSc1nnc(-c2ccc(Cl)cc2)n1-c1ccccc1)NNc1ccccn1. The van der Waals surface area contributed by atoms with E-state index in [2.05, 4.69) is 26.0 Å². The van der Waals surface area contributed by atoms with Gasteiger partial charge >= 0.3 is 0 Å². The molecule has 9 heteroatoms. The summed E-state index contributed by atoms with van der Waals surface area (Å²) >= 11 is 7.31. The number of rotatable bonds is 7. The standard InChI is InChI=1S/C21H17ClN6OS/c22-16-11-9-15(10-12-16)20-26-27-21(28(20)17-6-2-1-3-7-17)30-14-19(29)25-24-18-8-4-5-13-23-18/h1-13H,14H2,(H,23,24)(H,25,29). The summed E-state index contributed by atoms with van der Waals surface area (Å²) in [5.41, 5.74) is 7.20. The smallest absolute Gasteiger partial charge is 0.248 e. The lowest BCUT2D eigenvalue weighted by Gasteiger charge is -2.11. The summed E-state index contributed by atoms with van der Waals surface area (Å²) in [5.74, 6) is 1.19. The van der Waals surface area contributed by atoms with Gasteiger partial charge in [0, 0.05) is 22.5 Å². The number of hydrogen-bond donors (Lipinski definition) is 2. The van der Waals surface area contributed by atoms with Crippen molar-refractivity contribution in [3.05, 3.63) is 84.0 Å². The van der Waals surface area contributed by atoms with Crippen molar-refractivity contribution in [2.75, 3.05) is 11.2 Å². The van der Waals surface area contributed by atoms with Gasteiger partial charge in [0.15, 0.2) is 11.0 Å². The Morgan fingerprint density at radius 3 is 2.47 bits per heavy atom. The zero-order chi connectivity index (χ0) is 20.8. The zero-order valence-electron chi connectivity index (χ0n) is 15.7. The van der Waals surface area contributed by atoms with E-state index in [0.29, 0.717) is 21.8 Å². The van der Waals surface area contributed by atoms with E-state index in [-0.39, 0.29) is 11.7 Å². The molecule has 0 spiro atoms. The fourth-order valence-electron chi connectivity index (χ4n) is 2.70. The Labute approximate surface area is 182 Å². The summed E-state index contributed by atoms with van der Waals surface area (Å²) in [6, 6.07) is 22.6. The number of anilines is 1. The maximum absolute atomic E-state index is 12.3. The Morgan fingerprint density at radius 2 is 1.73 bits per heavy atom. The lowest BCUT2D eigenvalue weighted by Crippen LogP contribution is -2.31. The van der Waals surface area contributed by atoms with E-state index in [0.717, 1.165) is 11.3 Å². The molecule has 0 radical (unpaired) electrons. The molecule has 2 aromatic carbocycles. The van der Waals surface area contributed by atoms with Crippen molar-refractivity contribution in [3.8, 4) is 17.1 Å². The minimum absolute atomic E-state index is 0.158. The van der Waals surface area contributed by atoms with Crippen LogP contribution < -0.4 is 10.9 Å². The van der Waals surface area contributed by atoms with Gasteiger partial charge in [-0.2, -0.15) is 0 Å². The average Bonchev–Trinajstić information content (AvgIpc) is 3.22. The van der Waals surface area contributed by atoms with Gasteiger partial charge in [-0.1, -0.05) is 47.6 Å². The van der Waals surface area contributed by atoms with Crippen LogP contribution in [0.5, 0.6) is 0 Å². The molecule has 0 aliphatic heterocycles. The highest BCUT2D eigenvalue weighted by Crippen LogP contribution is 2.28. The largest absolute Gasteiger partial charge is 0.282 e. The van der Waals surface area contributed by atoms with E-state index in [1.54, 1.807) is 18.3 Å². The number of nitrogens with one attached hydrogen (secondary N) is 2. The lowest BCUT2D eigenvalue weighted by atomic mass is 10.2. The van der Waals surface area contributed by atoms with Crippen LogP contribution in [0.15, 0.2) is 84.1 Å². The number of nitrogens with zero attached hydrogens (tertiary/aromatic N) is 4. The van der Waals surface area contributed by atoms with Gasteiger partial charge in [0.1, 0.15) is 5.82 Å². The summed E-state index contributed by atoms with van der Waals surface area (Å²) in [6.07, 6.45) is 1.64. The topological polar surface area (TPSA) is 84.7 Å². The number of para-hydroxylation sites is 1. The van der Waals surface area contributed by atoms with E-state index in [4.69, 9.17) is 11.6 Å². The maximum Gasteiger partial charge on any atom is 0.248 e. The van der Waals surface area contributed by atoms with Crippen molar-refractivity contribution in [1.82, 2.24) is 25.2 Å². The van der Waals surface area contributed by atoms with Gasteiger partial charge in [0.2, 0.25) is 5.91 Å². The Morgan fingerprint density at radius 1 is 0.967 bits per heavy atom. The second-order valence-corrected chi connectivity index (χ2v) is 7.54. The van der Waals surface area contributed by atoms with Crippen LogP contribution in [0.4, 0.5) is 5.82 Å². The summed E-state index contributed by atoms with van der Waals surface area (Å²) in [4.78, 5) is 16.4. The fourth-order valence-corrected chi connectivity index (χ4v) is 3.57. The molecular formula is C21H17ClN6OS. The van der Waals surface area contributed by atoms with E-state index < -0.39 is 0 Å². The first-order valence-corrected chi connectivity index (χ1v) is 10.4. The Bertz CT molecular complexity index is 1120. The first-order chi connectivity index (χ1) is 14.7. The molecule has 0 saturated heterocycles. The Kier molecular flexibility index (Phi) is 6.26. The van der Waals surface area contributed by atoms with Crippen molar-refractivity contribution in [1.29, 1.82) is 0 Å². The molecule has 4 rings (SSSR count). The molecule has 0 aliphatic carbocycles. The third-order valence-corrected chi connectivity index (χ3v) is 5.26. The van der Waals surface area contributed by atoms with Crippen LogP contribution in [0.25, 0.3) is 17.1 Å². The normalized spacial score (nSPS) is 10.6. The molecular weight excluding hydrogens is 420 g/mol. The van der Waals surface area contributed by atoms with E-state index in [1.165, 1.54) is 11.8 Å². The minimum Gasteiger partial charge on any atom is -0.282 e. The molecule has 0 atom stereocenters. The summed E-state index contributed by atoms with van der Waals surface area (Å²) in [7, 11) is 0. The third-order valence-electron chi connectivity index (χ3n) is 4.08. The maximum atomic E-state index is 12.3. The third kappa shape index (κ3) is 4.79. The van der Waals surface area contributed by atoms with Gasteiger partial charge in [-0.3, -0.25) is 20.2 Å². The van der Waals surface area contributed by atoms with Crippen molar-refractivity contribution in [2.45, 2.75) is 5.16 Å². The van der Waals surface area contributed by atoms with Crippen LogP contribution >= 0.6 is 23.4 Å². The molecule has 0 aliphatic rings. The number of hydrogen-bond acceptors (Lipinski definition) is 6. The highest BCUT2D eigenvalue weighted by molar-refractivity contribution is 7.99. The lowest BCUT2D eigenvalue weighted by molar-refractivity contribution is -0.118. The van der Waals surface area contributed by atoms with Crippen LogP contribution in [-0.4, -0.2) is 31.4 Å². The first-order valence-electron chi connectivity index (χ1n) is 9.06. The molecule has 0 bridgehead atoms. The number of carbonyl (C=O) groups is 1. The quantitative estimate of drug-likeness (QED) is 0.333. The second-order valence-electron chi connectivity index (χ2n) is 6.16. The highest BCUT2D eigenvalue weighted by Gasteiger charge is 2.17. The van der Waals surface area contributed by atoms with Crippen molar-refractivity contribution in [3.63, 3.8) is 0 Å². The van der Waals surface area contributed by atoms with Crippen molar-refractivity contribution in [2.24, 2.45) is 0 Å². The van der Waals surface area contributed by atoms with E-state index >= 15 is 0 Å². The van der Waals surface area contributed by atoms with Crippen LogP contribution in [0.3, 0.4) is 0 Å². The number of halogens is 1. The number of pyridine rings is 1. The Balaban J connectivity index is 1.53. The zero-order valence-corrected chi connectivity index (χ0v) is 17.3. The van der Waals surface area contributed by atoms with Gasteiger partial charge in [-0.25, -0.2) is 4.98 Å². The highest BCUT2D eigenvalue weighted by atomic mass is 35.5. The first kappa shape index (κ1) is 19.9.